The van der Waals surface area contributed by atoms with Crippen molar-refractivity contribution in [3.8, 4) is 0 Å². The highest BCUT2D eigenvalue weighted by Gasteiger charge is 2.38. The van der Waals surface area contributed by atoms with Crippen molar-refractivity contribution in [2.24, 2.45) is 5.92 Å². The van der Waals surface area contributed by atoms with Gasteiger partial charge in [-0.3, -0.25) is 0 Å². The van der Waals surface area contributed by atoms with Crippen LogP contribution < -0.4 is 0 Å². The molecule has 0 bridgehead atoms. The Morgan fingerprint density at radius 2 is 2.23 bits per heavy atom. The molecule has 0 saturated carbocycles. The van der Waals surface area contributed by atoms with Gasteiger partial charge in [-0.15, -0.1) is 0 Å². The van der Waals surface area contributed by atoms with Crippen LogP contribution in [-0.2, 0) is 9.47 Å². The summed E-state index contributed by atoms with van der Waals surface area (Å²) in [6.07, 6.45) is 2.10. The van der Waals surface area contributed by atoms with Gasteiger partial charge < -0.3 is 14.6 Å². The first-order valence-corrected chi connectivity index (χ1v) is 4.89. The van der Waals surface area contributed by atoms with Crippen molar-refractivity contribution in [3.63, 3.8) is 0 Å². The molecule has 2 unspecified atom stereocenters. The zero-order chi connectivity index (χ0) is 9.90. The fraction of sp³-hybridized carbons (Fsp3) is 1.00. The lowest BCUT2D eigenvalue weighted by Gasteiger charge is -2.40. The Hall–Kier alpha value is -0.120. The first kappa shape index (κ1) is 11.0. The first-order chi connectivity index (χ1) is 6.11. The minimum atomic E-state index is -0.298. The SMILES string of the molecule is COC(C)(C)C1OCCCC1CO. The Morgan fingerprint density at radius 1 is 1.54 bits per heavy atom. The molecule has 78 valence electrons. The number of ether oxygens (including phenoxy) is 2. The molecule has 0 aromatic rings. The van der Waals surface area contributed by atoms with Crippen molar-refractivity contribution in [2.45, 2.75) is 38.4 Å². The van der Waals surface area contributed by atoms with Crippen molar-refractivity contribution in [3.05, 3.63) is 0 Å². The lowest BCUT2D eigenvalue weighted by Crippen LogP contribution is -2.48. The monoisotopic (exact) mass is 188 g/mol. The minimum Gasteiger partial charge on any atom is -0.396 e. The van der Waals surface area contributed by atoms with E-state index in [4.69, 9.17) is 9.47 Å². The molecule has 1 aliphatic rings. The minimum absolute atomic E-state index is 0.0243. The van der Waals surface area contributed by atoms with Crippen LogP contribution in [0.3, 0.4) is 0 Å². The molecular formula is C10H20O3. The van der Waals surface area contributed by atoms with Gasteiger partial charge in [-0.05, 0) is 26.7 Å². The number of hydrogen-bond donors (Lipinski definition) is 1. The predicted molar refractivity (Wildman–Crippen MR) is 50.6 cm³/mol. The van der Waals surface area contributed by atoms with Gasteiger partial charge in [-0.25, -0.2) is 0 Å². The molecule has 0 radical (unpaired) electrons. The summed E-state index contributed by atoms with van der Waals surface area (Å²) < 4.78 is 11.0. The van der Waals surface area contributed by atoms with Crippen molar-refractivity contribution in [1.29, 1.82) is 0 Å². The molecule has 1 aliphatic heterocycles. The molecule has 0 spiro atoms. The van der Waals surface area contributed by atoms with Gasteiger partial charge in [0.1, 0.15) is 0 Å². The molecule has 1 rings (SSSR count). The van der Waals surface area contributed by atoms with Crippen molar-refractivity contribution < 1.29 is 14.6 Å². The Balaban J connectivity index is 2.63. The molecule has 0 aromatic carbocycles. The summed E-state index contributed by atoms with van der Waals surface area (Å²) in [4.78, 5) is 0. The fourth-order valence-electron chi connectivity index (χ4n) is 1.91. The Bertz CT molecular complexity index is 156. The largest absolute Gasteiger partial charge is 0.396 e. The summed E-state index contributed by atoms with van der Waals surface area (Å²) in [5.74, 6) is 0.226. The van der Waals surface area contributed by atoms with E-state index < -0.39 is 0 Å². The van der Waals surface area contributed by atoms with Gasteiger partial charge in [-0.2, -0.15) is 0 Å². The van der Waals surface area contributed by atoms with Gasteiger partial charge in [0, 0.05) is 26.2 Å². The van der Waals surface area contributed by atoms with E-state index in [0.717, 1.165) is 19.4 Å². The number of hydrogen-bond acceptors (Lipinski definition) is 3. The lowest BCUT2D eigenvalue weighted by molar-refractivity contribution is -0.157. The third-order valence-corrected chi connectivity index (χ3v) is 2.89. The maximum Gasteiger partial charge on any atom is 0.0908 e. The molecule has 0 amide bonds. The van der Waals surface area contributed by atoms with Crippen LogP contribution in [0.1, 0.15) is 26.7 Å². The second-order valence-corrected chi connectivity index (χ2v) is 4.18. The summed E-state index contributed by atoms with van der Waals surface area (Å²) in [6, 6.07) is 0. The highest BCUT2D eigenvalue weighted by atomic mass is 16.5. The van der Waals surface area contributed by atoms with Gasteiger partial charge in [-0.1, -0.05) is 0 Å². The van der Waals surface area contributed by atoms with E-state index in [-0.39, 0.29) is 24.2 Å². The molecule has 1 saturated heterocycles. The fourth-order valence-corrected chi connectivity index (χ4v) is 1.91. The summed E-state index contributed by atoms with van der Waals surface area (Å²) >= 11 is 0. The summed E-state index contributed by atoms with van der Waals surface area (Å²) in [7, 11) is 1.69. The van der Waals surface area contributed by atoms with E-state index in [0.29, 0.717) is 0 Å². The number of rotatable bonds is 3. The molecule has 3 heteroatoms. The average molecular weight is 188 g/mol. The average Bonchev–Trinajstić information content (AvgIpc) is 2.18. The van der Waals surface area contributed by atoms with Crippen LogP contribution in [-0.4, -0.2) is 37.1 Å². The van der Waals surface area contributed by atoms with Crippen LogP contribution in [0.4, 0.5) is 0 Å². The topological polar surface area (TPSA) is 38.7 Å². The number of aliphatic hydroxyl groups excluding tert-OH is 1. The normalized spacial score (nSPS) is 30.5. The van der Waals surface area contributed by atoms with Crippen molar-refractivity contribution in [1.82, 2.24) is 0 Å². The van der Waals surface area contributed by atoms with Gasteiger partial charge in [0.2, 0.25) is 0 Å². The molecule has 13 heavy (non-hydrogen) atoms. The van der Waals surface area contributed by atoms with E-state index in [1.165, 1.54) is 0 Å². The summed E-state index contributed by atoms with van der Waals surface area (Å²) in [6.45, 7) is 4.99. The summed E-state index contributed by atoms with van der Waals surface area (Å²) in [5.41, 5.74) is -0.298. The van der Waals surface area contributed by atoms with Crippen molar-refractivity contribution in [2.75, 3.05) is 20.3 Å². The second kappa shape index (κ2) is 4.40. The Morgan fingerprint density at radius 3 is 2.77 bits per heavy atom. The Labute approximate surface area is 80.0 Å². The van der Waals surface area contributed by atoms with Gasteiger partial charge in [0.05, 0.1) is 11.7 Å². The smallest absolute Gasteiger partial charge is 0.0908 e. The van der Waals surface area contributed by atoms with E-state index in [1.54, 1.807) is 7.11 Å². The molecule has 3 nitrogen and oxygen atoms in total. The third-order valence-electron chi connectivity index (χ3n) is 2.89. The van der Waals surface area contributed by atoms with Crippen LogP contribution in [0.2, 0.25) is 0 Å². The van der Waals surface area contributed by atoms with Gasteiger partial charge in [0.15, 0.2) is 0 Å². The van der Waals surface area contributed by atoms with E-state index >= 15 is 0 Å². The molecule has 0 aliphatic carbocycles. The maximum absolute atomic E-state index is 9.18. The second-order valence-electron chi connectivity index (χ2n) is 4.18. The van der Waals surface area contributed by atoms with Crippen LogP contribution in [0.5, 0.6) is 0 Å². The quantitative estimate of drug-likeness (QED) is 0.723. The molecule has 1 heterocycles. The third kappa shape index (κ3) is 2.42. The Kier molecular flexibility index (Phi) is 3.71. The van der Waals surface area contributed by atoms with E-state index in [2.05, 4.69) is 0 Å². The highest BCUT2D eigenvalue weighted by molar-refractivity contribution is 4.87. The van der Waals surface area contributed by atoms with Gasteiger partial charge >= 0.3 is 0 Å². The van der Waals surface area contributed by atoms with E-state index in [9.17, 15) is 5.11 Å². The molecular weight excluding hydrogens is 168 g/mol. The van der Waals surface area contributed by atoms with Crippen molar-refractivity contribution >= 4 is 0 Å². The predicted octanol–water partition coefficient (Wildman–Crippen LogP) is 1.20. The molecule has 1 fully saturated rings. The van der Waals surface area contributed by atoms with E-state index in [1.807, 2.05) is 13.8 Å². The van der Waals surface area contributed by atoms with Crippen LogP contribution in [0, 0.1) is 5.92 Å². The lowest BCUT2D eigenvalue weighted by atomic mass is 9.85. The standard InChI is InChI=1S/C10H20O3/c1-10(2,12-3)9-8(7-11)5-4-6-13-9/h8-9,11H,4-7H2,1-3H3. The van der Waals surface area contributed by atoms with Gasteiger partial charge in [0.25, 0.3) is 0 Å². The molecule has 0 aromatic heterocycles. The molecule has 2 atom stereocenters. The zero-order valence-electron chi connectivity index (χ0n) is 8.75. The molecule has 1 N–H and O–H groups in total. The van der Waals surface area contributed by atoms with Crippen LogP contribution in [0.15, 0.2) is 0 Å². The zero-order valence-corrected chi connectivity index (χ0v) is 8.75. The number of methoxy groups -OCH3 is 1. The number of aliphatic hydroxyl groups is 1. The summed E-state index contributed by atoms with van der Waals surface area (Å²) in [5, 5.41) is 9.18. The highest BCUT2D eigenvalue weighted by Crippen LogP contribution is 2.30. The first-order valence-electron chi connectivity index (χ1n) is 4.89. The van der Waals surface area contributed by atoms with Crippen LogP contribution >= 0.6 is 0 Å². The maximum atomic E-state index is 9.18. The van der Waals surface area contributed by atoms with Crippen LogP contribution in [0.25, 0.3) is 0 Å².